The molecule has 0 bridgehead atoms. The second-order valence-corrected chi connectivity index (χ2v) is 37.7. The first kappa shape index (κ1) is 40.2. The van der Waals surface area contributed by atoms with Crippen molar-refractivity contribution in [3.05, 3.63) is 72.6 Å². The van der Waals surface area contributed by atoms with Gasteiger partial charge >= 0.3 is 8.56 Å². The number of benzene rings is 2. The summed E-state index contributed by atoms with van der Waals surface area (Å²) in [4.78, 5) is 13.6. The third-order valence-corrected chi connectivity index (χ3v) is 43.8. The highest BCUT2D eigenvalue weighted by Gasteiger charge is 2.69. The van der Waals surface area contributed by atoms with E-state index >= 15 is 0 Å². The van der Waals surface area contributed by atoms with E-state index in [-0.39, 0.29) is 16.6 Å². The van der Waals surface area contributed by atoms with Crippen molar-refractivity contribution in [2.24, 2.45) is 10.2 Å². The number of aromatic nitrogens is 3. The summed E-state index contributed by atoms with van der Waals surface area (Å²) < 4.78 is 45.0. The van der Waals surface area contributed by atoms with Crippen molar-refractivity contribution in [1.29, 1.82) is 0 Å². The number of allylic oxidation sites excluding steroid dienone is 1. The molecule has 1 aliphatic heterocycles. The van der Waals surface area contributed by atoms with Crippen LogP contribution >= 0.6 is 0 Å². The fraction of sp³-hybridized carbons (Fsp3) is 0.515. The zero-order valence-corrected chi connectivity index (χ0v) is 35.9. The maximum Gasteiger partial charge on any atom is 0.321 e. The molecule has 1 aliphatic rings. The van der Waals surface area contributed by atoms with Crippen molar-refractivity contribution in [2.45, 2.75) is 101 Å². The summed E-state index contributed by atoms with van der Waals surface area (Å²) in [5, 5.41) is 17.1. The Morgan fingerprint density at radius 1 is 1.08 bits per heavy atom. The van der Waals surface area contributed by atoms with Crippen LogP contribution in [0.4, 0.5) is 17.1 Å². The Morgan fingerprint density at radius 2 is 1.68 bits per heavy atom. The second kappa shape index (κ2) is 15.9. The van der Waals surface area contributed by atoms with Gasteiger partial charge in [-0.3, -0.25) is 4.68 Å². The smallest absolute Gasteiger partial charge is 0.321 e. The van der Waals surface area contributed by atoms with Crippen LogP contribution < -0.4 is 9.62 Å². The molecule has 17 heteroatoms. The molecule has 50 heavy (non-hydrogen) atoms. The van der Waals surface area contributed by atoms with Gasteiger partial charge in [0, 0.05) is 38.6 Å². The van der Waals surface area contributed by atoms with Crippen LogP contribution in [0.2, 0.25) is 49.0 Å². The van der Waals surface area contributed by atoms with Crippen molar-refractivity contribution in [3.63, 3.8) is 0 Å². The van der Waals surface area contributed by atoms with Gasteiger partial charge in [0.25, 0.3) is 0 Å². The van der Waals surface area contributed by atoms with Gasteiger partial charge in [0.15, 0.2) is 24.0 Å². The van der Waals surface area contributed by atoms with E-state index in [1.807, 2.05) is 50.2 Å². The Kier molecular flexibility index (Phi) is 12.8. The van der Waals surface area contributed by atoms with Gasteiger partial charge in [-0.1, -0.05) is 31.6 Å². The Balaban J connectivity index is 1.35. The van der Waals surface area contributed by atoms with Gasteiger partial charge in [-0.05, 0) is 105 Å². The SMILES string of the molecule is C=C(C)C[Si]1(CCCn2cc(CNS(=O)(=O)c3ccc(/N=N/c4ccc(N(C)C)cc4)cc3)nn2)O[Si](C)([C@@H](C)[Si](C)(O)CC)[Si@](C)(CC)O1. The van der Waals surface area contributed by atoms with Gasteiger partial charge in [0.05, 0.1) is 28.5 Å². The molecule has 0 radical (unpaired) electrons. The van der Waals surface area contributed by atoms with Crippen LogP contribution in [0, 0.1) is 0 Å². The number of azo groups is 1. The van der Waals surface area contributed by atoms with Gasteiger partial charge in [-0.2, -0.15) is 10.2 Å². The molecule has 3 unspecified atom stereocenters. The molecule has 1 aromatic heterocycles. The Morgan fingerprint density at radius 3 is 2.22 bits per heavy atom. The van der Waals surface area contributed by atoms with Gasteiger partial charge in [-0.15, -0.1) is 11.7 Å². The van der Waals surface area contributed by atoms with Crippen molar-refractivity contribution in [2.75, 3.05) is 19.0 Å². The molecule has 1 saturated heterocycles. The number of aryl methyl sites for hydroxylation is 1. The van der Waals surface area contributed by atoms with E-state index in [1.165, 1.54) is 12.1 Å². The first-order chi connectivity index (χ1) is 23.4. The molecule has 0 spiro atoms. The summed E-state index contributed by atoms with van der Waals surface area (Å²) in [7, 11) is -9.52. The zero-order chi connectivity index (χ0) is 37.0. The minimum Gasteiger partial charge on any atom is -0.436 e. The third kappa shape index (κ3) is 9.23. The average molecular weight is 774 g/mol. The maximum absolute atomic E-state index is 13.0. The summed E-state index contributed by atoms with van der Waals surface area (Å²) in [6.07, 6.45) is 2.56. The predicted octanol–water partition coefficient (Wildman–Crippen LogP) is 7.46. The second-order valence-electron chi connectivity index (χ2n) is 14.4. The summed E-state index contributed by atoms with van der Waals surface area (Å²) in [6, 6.07) is 17.3. The van der Waals surface area contributed by atoms with E-state index in [0.29, 0.717) is 23.6 Å². The molecule has 2 N–H and O–H groups in total. The molecule has 2 aromatic carbocycles. The van der Waals surface area contributed by atoms with Gasteiger partial charge < -0.3 is 17.9 Å². The highest BCUT2D eigenvalue weighted by Crippen LogP contribution is 2.50. The monoisotopic (exact) mass is 773 g/mol. The summed E-state index contributed by atoms with van der Waals surface area (Å²) in [6.45, 7) is 20.2. The summed E-state index contributed by atoms with van der Waals surface area (Å²) in [5.74, 6) is 0. The van der Waals surface area contributed by atoms with E-state index in [1.54, 1.807) is 23.0 Å². The predicted molar refractivity (Wildman–Crippen MR) is 210 cm³/mol. The summed E-state index contributed by atoms with van der Waals surface area (Å²) >= 11 is 0. The quantitative estimate of drug-likeness (QED) is 0.0818. The molecular formula is C33H55N7O5SSi4. The fourth-order valence-electron chi connectivity index (χ4n) is 6.53. The third-order valence-electron chi connectivity index (χ3n) is 10.3. The molecule has 0 saturated carbocycles. The van der Waals surface area contributed by atoms with Crippen molar-refractivity contribution < 1.29 is 21.4 Å². The number of anilines is 1. The van der Waals surface area contributed by atoms with Crippen molar-refractivity contribution in [1.82, 2.24) is 19.7 Å². The molecule has 5 atom stereocenters. The minimum absolute atomic E-state index is 0.0108. The molecule has 3 aromatic rings. The molecule has 274 valence electrons. The molecular weight excluding hydrogens is 719 g/mol. The topological polar surface area (TPSA) is 144 Å². The van der Waals surface area contributed by atoms with Crippen LogP contribution in [0.25, 0.3) is 0 Å². The molecule has 2 heterocycles. The summed E-state index contributed by atoms with van der Waals surface area (Å²) in [5.41, 5.74) is 3.90. The number of nitrogens with one attached hydrogen (secondary N) is 1. The van der Waals surface area contributed by atoms with Gasteiger partial charge in [-0.25, -0.2) is 13.1 Å². The first-order valence-corrected chi connectivity index (χ1v) is 29.9. The van der Waals surface area contributed by atoms with E-state index in [0.717, 1.165) is 41.9 Å². The number of nitrogens with zero attached hydrogens (tertiary/aromatic N) is 6. The fourth-order valence-corrected chi connectivity index (χ4v) is 46.2. The molecule has 0 amide bonds. The van der Waals surface area contributed by atoms with Gasteiger partial charge in [0.2, 0.25) is 10.0 Å². The lowest BCUT2D eigenvalue weighted by molar-refractivity contribution is 0.412. The lowest BCUT2D eigenvalue weighted by Gasteiger charge is -2.43. The normalized spacial score (nSPS) is 24.4. The molecule has 1 fully saturated rings. The van der Waals surface area contributed by atoms with Crippen molar-refractivity contribution >= 4 is 59.6 Å². The highest BCUT2D eigenvalue weighted by atomic mass is 32.2. The lowest BCUT2D eigenvalue weighted by Crippen LogP contribution is -2.64. The van der Waals surface area contributed by atoms with Gasteiger partial charge in [0.1, 0.15) is 0 Å². The molecule has 12 nitrogen and oxygen atoms in total. The van der Waals surface area contributed by atoms with Crippen molar-refractivity contribution in [3.8, 4) is 0 Å². The maximum atomic E-state index is 13.0. The van der Waals surface area contributed by atoms with Crippen LogP contribution in [0.15, 0.2) is 82.0 Å². The first-order valence-electron chi connectivity index (χ1n) is 17.3. The number of rotatable bonds is 17. The number of sulfonamides is 1. The Hall–Kier alpha value is -2.62. The van der Waals surface area contributed by atoms with E-state index in [9.17, 15) is 13.2 Å². The Bertz CT molecular complexity index is 1760. The number of hydrogen-bond acceptors (Lipinski definition) is 10. The minimum atomic E-state index is -3.79. The number of hydrogen-bond donors (Lipinski definition) is 2. The van der Waals surface area contributed by atoms with Crippen LogP contribution in [-0.4, -0.2) is 74.9 Å². The van der Waals surface area contributed by atoms with Crippen LogP contribution in [-0.2, 0) is 31.3 Å². The van der Waals surface area contributed by atoms with Crippen LogP contribution in [0.1, 0.15) is 39.8 Å². The highest BCUT2D eigenvalue weighted by molar-refractivity contribution is 7.89. The molecule has 4 rings (SSSR count). The largest absolute Gasteiger partial charge is 0.436 e. The average Bonchev–Trinajstić information content (AvgIpc) is 3.62. The standard InChI is InChI=1S/C33H55N7O5SSi4/c1-11-47(8,43)28(5)49(10)45-50(26-27(3)4,44-48(49,9)12-2)23-13-22-40-25-31(37-38-40)24-34-46(41,42)33-20-16-30(17-21-33)36-35-29-14-18-32(19-15-29)39(6)7/h14-21,25,28,34,43H,3,11-13,22-24,26H2,1-2,4-10H3/b36-35+/t28-,47?,48+,49?,50?/m0/s1. The van der Waals surface area contributed by atoms with Crippen LogP contribution in [0.5, 0.6) is 0 Å². The van der Waals surface area contributed by atoms with E-state index < -0.39 is 42.6 Å². The molecule has 0 aliphatic carbocycles. The zero-order valence-electron chi connectivity index (χ0n) is 31.1. The Labute approximate surface area is 302 Å². The van der Waals surface area contributed by atoms with Crippen LogP contribution in [0.3, 0.4) is 0 Å². The van der Waals surface area contributed by atoms with E-state index in [4.69, 9.17) is 8.23 Å². The lowest BCUT2D eigenvalue weighted by atomic mass is 10.3. The van der Waals surface area contributed by atoms with E-state index in [2.05, 4.69) is 72.3 Å².